The van der Waals surface area contributed by atoms with E-state index in [9.17, 15) is 23.1 Å². The second-order valence-electron chi connectivity index (χ2n) is 6.10. The fraction of sp³-hybridized carbons (Fsp3) is 0.294. The van der Waals surface area contributed by atoms with Crippen LogP contribution in [0.2, 0.25) is 0 Å². The minimum absolute atomic E-state index is 0.0655. The van der Waals surface area contributed by atoms with Gasteiger partial charge in [-0.25, -0.2) is 13.2 Å². The molecule has 1 amide bonds. The molecule has 2 aromatic rings. The molecule has 8 heteroatoms. The molecule has 0 saturated carbocycles. The van der Waals surface area contributed by atoms with E-state index in [2.05, 4.69) is 0 Å². The Morgan fingerprint density at radius 1 is 1.20 bits per heavy atom. The maximum Gasteiger partial charge on any atom is 0.326 e. The highest BCUT2D eigenvalue weighted by Crippen LogP contribution is 2.26. The molecule has 0 radical (unpaired) electrons. The second kappa shape index (κ2) is 6.36. The standard InChI is InChI=1S/C17H17NO6S/c1-25(22,23)10-13-6-7-15(24-13)16(19)18-9-12-5-3-2-4-11(12)8-14(18)17(20)21/h2-7,14H,8-10H2,1H3,(H,20,21)/t14-/m0/s1. The molecule has 0 unspecified atom stereocenters. The zero-order valence-corrected chi connectivity index (χ0v) is 14.3. The van der Waals surface area contributed by atoms with Crippen molar-refractivity contribution in [3.05, 3.63) is 59.0 Å². The summed E-state index contributed by atoms with van der Waals surface area (Å²) >= 11 is 0. The van der Waals surface area contributed by atoms with Gasteiger partial charge in [-0.05, 0) is 23.3 Å². The van der Waals surface area contributed by atoms with Crippen LogP contribution in [-0.4, -0.2) is 42.6 Å². The molecule has 132 valence electrons. The van der Waals surface area contributed by atoms with Gasteiger partial charge in [-0.15, -0.1) is 0 Å². The SMILES string of the molecule is CS(=O)(=O)Cc1ccc(C(=O)N2Cc3ccccc3C[C@H]2C(=O)O)o1. The van der Waals surface area contributed by atoms with Crippen molar-refractivity contribution < 1.29 is 27.5 Å². The molecular formula is C17H17NO6S. The molecule has 0 fully saturated rings. The Bertz CT molecular complexity index is 930. The van der Waals surface area contributed by atoms with Crippen LogP contribution < -0.4 is 0 Å². The summed E-state index contributed by atoms with van der Waals surface area (Å²) < 4.78 is 28.0. The summed E-state index contributed by atoms with van der Waals surface area (Å²) in [7, 11) is -3.29. The first kappa shape index (κ1) is 17.2. The van der Waals surface area contributed by atoms with Crippen LogP contribution in [0, 0.1) is 0 Å². The molecule has 1 aliphatic heterocycles. The first-order valence-electron chi connectivity index (χ1n) is 7.61. The number of nitrogens with zero attached hydrogens (tertiary/aromatic N) is 1. The first-order valence-corrected chi connectivity index (χ1v) is 9.67. The number of fused-ring (bicyclic) bond motifs is 1. The Hall–Kier alpha value is -2.61. The first-order chi connectivity index (χ1) is 11.7. The molecule has 0 spiro atoms. The van der Waals surface area contributed by atoms with Crippen molar-refractivity contribution in [2.75, 3.05) is 6.26 Å². The molecule has 2 heterocycles. The number of sulfone groups is 1. The van der Waals surface area contributed by atoms with E-state index in [0.717, 1.165) is 17.4 Å². The minimum Gasteiger partial charge on any atom is -0.480 e. The van der Waals surface area contributed by atoms with Crippen LogP contribution in [-0.2, 0) is 33.4 Å². The number of hydrogen-bond acceptors (Lipinski definition) is 5. The highest BCUT2D eigenvalue weighted by molar-refractivity contribution is 7.89. The van der Waals surface area contributed by atoms with Crippen molar-refractivity contribution in [1.29, 1.82) is 0 Å². The summed E-state index contributed by atoms with van der Waals surface area (Å²) in [6, 6.07) is 9.17. The maximum atomic E-state index is 12.7. The monoisotopic (exact) mass is 363 g/mol. The average Bonchev–Trinajstić information content (AvgIpc) is 2.99. The third-order valence-electron chi connectivity index (χ3n) is 4.07. The third-order valence-corrected chi connectivity index (χ3v) is 4.88. The Kier molecular flexibility index (Phi) is 4.38. The molecule has 1 aliphatic rings. The summed E-state index contributed by atoms with van der Waals surface area (Å²) in [5, 5.41) is 9.48. The van der Waals surface area contributed by atoms with Gasteiger partial charge in [0.25, 0.3) is 5.91 Å². The van der Waals surface area contributed by atoms with Gasteiger partial charge in [0.1, 0.15) is 17.6 Å². The van der Waals surface area contributed by atoms with Crippen molar-refractivity contribution in [2.45, 2.75) is 24.8 Å². The van der Waals surface area contributed by atoms with Gasteiger partial charge in [-0.1, -0.05) is 24.3 Å². The Morgan fingerprint density at radius 3 is 2.52 bits per heavy atom. The van der Waals surface area contributed by atoms with Gasteiger partial charge in [-0.3, -0.25) is 4.79 Å². The molecule has 1 atom stereocenters. The predicted molar refractivity (Wildman–Crippen MR) is 88.7 cm³/mol. The van der Waals surface area contributed by atoms with E-state index < -0.39 is 27.8 Å². The van der Waals surface area contributed by atoms with Gasteiger partial charge in [0.05, 0.1) is 0 Å². The van der Waals surface area contributed by atoms with Gasteiger partial charge < -0.3 is 14.4 Å². The lowest BCUT2D eigenvalue weighted by molar-refractivity contribution is -0.142. The summed E-state index contributed by atoms with van der Waals surface area (Å²) in [5.74, 6) is -1.89. The van der Waals surface area contributed by atoms with Crippen molar-refractivity contribution in [3.8, 4) is 0 Å². The average molecular weight is 363 g/mol. The number of carboxylic acid groups (broad SMARTS) is 1. The topological polar surface area (TPSA) is 105 Å². The van der Waals surface area contributed by atoms with E-state index in [1.807, 2.05) is 24.3 Å². The van der Waals surface area contributed by atoms with Crippen molar-refractivity contribution >= 4 is 21.7 Å². The molecule has 0 aliphatic carbocycles. The Morgan fingerprint density at radius 2 is 1.88 bits per heavy atom. The molecule has 7 nitrogen and oxygen atoms in total. The number of carbonyl (C=O) groups excluding carboxylic acids is 1. The zero-order valence-electron chi connectivity index (χ0n) is 13.5. The zero-order chi connectivity index (χ0) is 18.2. The van der Waals surface area contributed by atoms with E-state index in [1.54, 1.807) is 0 Å². The molecule has 0 saturated heterocycles. The number of amides is 1. The highest BCUT2D eigenvalue weighted by Gasteiger charge is 2.36. The second-order valence-corrected chi connectivity index (χ2v) is 8.24. The van der Waals surface area contributed by atoms with Crippen molar-refractivity contribution in [2.24, 2.45) is 0 Å². The normalized spacial score (nSPS) is 17.2. The molecule has 1 N–H and O–H groups in total. The summed E-state index contributed by atoms with van der Waals surface area (Å²) in [4.78, 5) is 25.6. The number of benzene rings is 1. The van der Waals surface area contributed by atoms with Crippen molar-refractivity contribution in [1.82, 2.24) is 4.90 Å². The van der Waals surface area contributed by atoms with E-state index >= 15 is 0 Å². The van der Waals surface area contributed by atoms with E-state index in [1.165, 1.54) is 17.0 Å². The van der Waals surface area contributed by atoms with Crippen LogP contribution in [0.1, 0.15) is 27.4 Å². The fourth-order valence-corrected chi connectivity index (χ4v) is 3.60. The predicted octanol–water partition coefficient (Wildman–Crippen LogP) is 1.48. The summed E-state index contributed by atoms with van der Waals surface area (Å²) in [6.07, 6.45) is 1.28. The fourth-order valence-electron chi connectivity index (χ4n) is 2.93. The van der Waals surface area contributed by atoms with Crippen LogP contribution >= 0.6 is 0 Å². The van der Waals surface area contributed by atoms with E-state index in [-0.39, 0.29) is 30.2 Å². The smallest absolute Gasteiger partial charge is 0.326 e. The van der Waals surface area contributed by atoms with Crippen LogP contribution in [0.4, 0.5) is 0 Å². The molecule has 3 rings (SSSR count). The molecular weight excluding hydrogens is 346 g/mol. The number of aliphatic carboxylic acids is 1. The molecule has 25 heavy (non-hydrogen) atoms. The van der Waals surface area contributed by atoms with E-state index in [0.29, 0.717) is 0 Å². The van der Waals surface area contributed by atoms with Gasteiger partial charge in [0.2, 0.25) is 0 Å². The highest BCUT2D eigenvalue weighted by atomic mass is 32.2. The lowest BCUT2D eigenvalue weighted by Crippen LogP contribution is -2.48. The number of hydrogen-bond donors (Lipinski definition) is 1. The van der Waals surface area contributed by atoms with Crippen LogP contribution in [0.3, 0.4) is 0 Å². The summed E-state index contributed by atoms with van der Waals surface area (Å²) in [6.45, 7) is 0.161. The lowest BCUT2D eigenvalue weighted by atomic mass is 9.94. The largest absolute Gasteiger partial charge is 0.480 e. The Labute approximate surface area is 144 Å². The van der Waals surface area contributed by atoms with E-state index in [4.69, 9.17) is 4.42 Å². The molecule has 1 aromatic carbocycles. The number of rotatable bonds is 4. The van der Waals surface area contributed by atoms with Crippen LogP contribution in [0.15, 0.2) is 40.8 Å². The quantitative estimate of drug-likeness (QED) is 0.882. The number of carboxylic acids is 1. The van der Waals surface area contributed by atoms with Crippen LogP contribution in [0.25, 0.3) is 0 Å². The summed E-state index contributed by atoms with van der Waals surface area (Å²) in [5.41, 5.74) is 1.78. The Balaban J connectivity index is 1.89. The lowest BCUT2D eigenvalue weighted by Gasteiger charge is -2.33. The van der Waals surface area contributed by atoms with Gasteiger partial charge in [0, 0.05) is 19.2 Å². The molecule has 0 bridgehead atoms. The van der Waals surface area contributed by atoms with Crippen LogP contribution in [0.5, 0.6) is 0 Å². The third kappa shape index (κ3) is 3.74. The van der Waals surface area contributed by atoms with Crippen molar-refractivity contribution in [3.63, 3.8) is 0 Å². The minimum atomic E-state index is -3.29. The van der Waals surface area contributed by atoms with Gasteiger partial charge in [-0.2, -0.15) is 0 Å². The molecule has 1 aromatic heterocycles. The number of furan rings is 1. The maximum absolute atomic E-state index is 12.7. The number of carbonyl (C=O) groups is 2. The van der Waals surface area contributed by atoms with Gasteiger partial charge in [0.15, 0.2) is 15.6 Å². The van der Waals surface area contributed by atoms with Gasteiger partial charge >= 0.3 is 5.97 Å².